The minimum Gasteiger partial charge on any atom is -0.480 e. The van der Waals surface area contributed by atoms with E-state index >= 15 is 0 Å². The molecule has 29 heavy (non-hydrogen) atoms. The number of carboxylic acid groups (broad SMARTS) is 1. The maximum absolute atomic E-state index is 12.6. The van der Waals surface area contributed by atoms with Gasteiger partial charge in [0.05, 0.1) is 6.33 Å². The topological polar surface area (TPSA) is 98.3 Å². The van der Waals surface area contributed by atoms with Crippen molar-refractivity contribution in [1.82, 2.24) is 15.3 Å². The molecule has 1 aromatic carbocycles. The Hall–Kier alpha value is -1.67. The van der Waals surface area contributed by atoms with Crippen molar-refractivity contribution >= 4 is 65.6 Å². The number of rotatable bonds is 10. The molecule has 0 radical (unpaired) electrons. The normalized spacial score (nSPS) is 11.0. The highest BCUT2D eigenvalue weighted by atomic mass is 35.5. The predicted octanol–water partition coefficient (Wildman–Crippen LogP) is 3.27. The lowest BCUT2D eigenvalue weighted by molar-refractivity contribution is -0.139. The Morgan fingerprint density at radius 3 is 2.41 bits per heavy atom. The molecule has 11 heteroatoms. The molecule has 0 aliphatic carbocycles. The number of aliphatic carboxylic acids is 1. The highest BCUT2D eigenvalue weighted by Gasteiger charge is 2.22. The molecule has 162 valence electrons. The number of anilines is 1. The molecule has 0 aliphatic heterocycles. The first-order valence-electron chi connectivity index (χ1n) is 8.44. The summed E-state index contributed by atoms with van der Waals surface area (Å²) >= 11 is 11.7. The number of hydrogen-bond donors (Lipinski definition) is 3. The summed E-state index contributed by atoms with van der Waals surface area (Å²) in [6.45, 7) is 3.13. The minimum absolute atomic E-state index is 0. The molecule has 0 saturated heterocycles. The summed E-state index contributed by atoms with van der Waals surface area (Å²) in [7, 11) is 0. The summed E-state index contributed by atoms with van der Waals surface area (Å²) in [5.41, 5.74) is 2.83. The molecule has 0 fully saturated rings. The van der Waals surface area contributed by atoms with Crippen LogP contribution in [-0.4, -0.2) is 57.8 Å². The van der Waals surface area contributed by atoms with E-state index in [9.17, 15) is 14.7 Å². The summed E-state index contributed by atoms with van der Waals surface area (Å²) in [6.07, 6.45) is 3.11. The lowest BCUT2D eigenvalue weighted by Gasteiger charge is -2.25. The zero-order valence-corrected chi connectivity index (χ0v) is 18.9. The second-order valence-electron chi connectivity index (χ2n) is 6.01. The van der Waals surface area contributed by atoms with Crippen molar-refractivity contribution in [3.8, 4) is 0 Å². The lowest BCUT2D eigenvalue weighted by atomic mass is 10.1. The summed E-state index contributed by atoms with van der Waals surface area (Å²) in [4.78, 5) is 32.8. The number of benzene rings is 1. The van der Waals surface area contributed by atoms with Crippen LogP contribution in [0.5, 0.6) is 0 Å². The molecule has 0 spiro atoms. The molecule has 0 saturated carbocycles. The van der Waals surface area contributed by atoms with Crippen LogP contribution < -0.4 is 10.2 Å². The zero-order chi connectivity index (χ0) is 19.8. The largest absolute Gasteiger partial charge is 0.480 e. The minimum atomic E-state index is -1.11. The molecule has 2 rings (SSSR count). The van der Waals surface area contributed by atoms with Gasteiger partial charge in [-0.15, -0.1) is 48.0 Å². The Kier molecular flexibility index (Phi) is 12.8. The molecular formula is C18H24Cl4N4O3. The second kappa shape index (κ2) is 13.5. The number of halogens is 4. The number of carbonyl (C=O) groups is 2. The molecule has 0 bridgehead atoms. The fourth-order valence-electron chi connectivity index (χ4n) is 2.71. The molecule has 1 amide bonds. The Bertz CT molecular complexity index is 768. The van der Waals surface area contributed by atoms with Gasteiger partial charge in [-0.3, -0.25) is 4.79 Å². The predicted molar refractivity (Wildman–Crippen MR) is 121 cm³/mol. The quantitative estimate of drug-likeness (QED) is 0.448. The van der Waals surface area contributed by atoms with Gasteiger partial charge in [0, 0.05) is 54.4 Å². The van der Waals surface area contributed by atoms with Gasteiger partial charge in [0.25, 0.3) is 5.91 Å². The van der Waals surface area contributed by atoms with Gasteiger partial charge in [-0.2, -0.15) is 0 Å². The number of nitrogens with one attached hydrogen (secondary N) is 2. The van der Waals surface area contributed by atoms with E-state index in [0.717, 1.165) is 11.3 Å². The highest BCUT2D eigenvalue weighted by molar-refractivity contribution is 6.18. The van der Waals surface area contributed by atoms with Gasteiger partial charge in [-0.1, -0.05) is 6.07 Å². The number of aromatic amines is 1. The third-order valence-corrected chi connectivity index (χ3v) is 4.44. The number of carbonyl (C=O) groups excluding carboxylic acids is 1. The fourth-order valence-corrected chi connectivity index (χ4v) is 3.11. The van der Waals surface area contributed by atoms with E-state index in [0.29, 0.717) is 36.1 Å². The molecule has 3 N–H and O–H groups in total. The molecule has 2 aromatic rings. The van der Waals surface area contributed by atoms with E-state index in [4.69, 9.17) is 23.2 Å². The SMILES string of the molecule is Cc1ccc(C(=O)N[C@@H](Cc2cnc[nH]2)C(=O)O)cc1N(CCCl)CCCl.Cl.Cl. The number of alkyl halides is 2. The van der Waals surface area contributed by atoms with Crippen LogP contribution in [0.25, 0.3) is 0 Å². The van der Waals surface area contributed by atoms with Crippen molar-refractivity contribution in [2.75, 3.05) is 29.7 Å². The van der Waals surface area contributed by atoms with Crippen molar-refractivity contribution in [3.63, 3.8) is 0 Å². The number of hydrogen-bond acceptors (Lipinski definition) is 4. The van der Waals surface area contributed by atoms with Crippen LogP contribution in [0.3, 0.4) is 0 Å². The van der Waals surface area contributed by atoms with Crippen LogP contribution in [-0.2, 0) is 11.2 Å². The maximum Gasteiger partial charge on any atom is 0.326 e. The number of amides is 1. The van der Waals surface area contributed by atoms with Crippen LogP contribution in [0.2, 0.25) is 0 Å². The van der Waals surface area contributed by atoms with E-state index in [2.05, 4.69) is 15.3 Å². The molecular weight excluding hydrogens is 462 g/mol. The average Bonchev–Trinajstić information content (AvgIpc) is 3.14. The van der Waals surface area contributed by atoms with Gasteiger partial charge < -0.3 is 20.3 Å². The first-order chi connectivity index (χ1) is 13.0. The molecule has 0 unspecified atom stereocenters. The third kappa shape index (κ3) is 7.93. The van der Waals surface area contributed by atoms with Crippen LogP contribution in [0, 0.1) is 6.92 Å². The van der Waals surface area contributed by atoms with E-state index in [1.54, 1.807) is 12.1 Å². The average molecular weight is 486 g/mol. The highest BCUT2D eigenvalue weighted by Crippen LogP contribution is 2.22. The van der Waals surface area contributed by atoms with Crippen molar-refractivity contribution in [2.24, 2.45) is 0 Å². The first kappa shape index (κ1) is 27.3. The van der Waals surface area contributed by atoms with E-state index < -0.39 is 17.9 Å². The second-order valence-corrected chi connectivity index (χ2v) is 6.77. The van der Waals surface area contributed by atoms with E-state index in [1.165, 1.54) is 12.5 Å². The van der Waals surface area contributed by atoms with Crippen molar-refractivity contribution in [3.05, 3.63) is 47.5 Å². The maximum atomic E-state index is 12.6. The Morgan fingerprint density at radius 1 is 1.24 bits per heavy atom. The number of imidazole rings is 1. The number of H-pyrrole nitrogens is 1. The first-order valence-corrected chi connectivity index (χ1v) is 9.51. The summed E-state index contributed by atoms with van der Waals surface area (Å²) in [6, 6.07) is 4.16. The van der Waals surface area contributed by atoms with Crippen molar-refractivity contribution in [1.29, 1.82) is 0 Å². The monoisotopic (exact) mass is 484 g/mol. The Balaban J connectivity index is 0.00000392. The van der Waals surface area contributed by atoms with Gasteiger partial charge in [-0.05, 0) is 24.6 Å². The van der Waals surface area contributed by atoms with Gasteiger partial charge >= 0.3 is 5.97 Å². The number of nitrogens with zero attached hydrogens (tertiary/aromatic N) is 2. The summed E-state index contributed by atoms with van der Waals surface area (Å²) in [5.74, 6) is -0.716. The van der Waals surface area contributed by atoms with Gasteiger partial charge in [-0.25, -0.2) is 9.78 Å². The summed E-state index contributed by atoms with van der Waals surface area (Å²) < 4.78 is 0. The Morgan fingerprint density at radius 2 is 1.90 bits per heavy atom. The number of carboxylic acids is 1. The fraction of sp³-hybridized carbons (Fsp3) is 0.389. The summed E-state index contributed by atoms with van der Waals surface area (Å²) in [5, 5.41) is 12.0. The zero-order valence-electron chi connectivity index (χ0n) is 15.7. The van der Waals surface area contributed by atoms with Crippen molar-refractivity contribution in [2.45, 2.75) is 19.4 Å². The smallest absolute Gasteiger partial charge is 0.326 e. The standard InChI is InChI=1S/C18H22Cl2N4O3.2ClH/c1-12-2-3-13(8-16(12)24(6-4-19)7-5-20)17(25)23-15(18(26)27)9-14-10-21-11-22-14;;/h2-3,8,10-11,15H,4-7,9H2,1H3,(H,21,22)(H,23,25)(H,26,27);2*1H/t15-;;/m0../s1. The molecule has 7 nitrogen and oxygen atoms in total. The molecule has 1 atom stereocenters. The molecule has 0 aliphatic rings. The van der Waals surface area contributed by atoms with Gasteiger partial charge in [0.15, 0.2) is 0 Å². The van der Waals surface area contributed by atoms with E-state index in [-0.39, 0.29) is 31.2 Å². The molecule has 1 aromatic heterocycles. The molecule has 1 heterocycles. The van der Waals surface area contributed by atoms with Crippen molar-refractivity contribution < 1.29 is 14.7 Å². The van der Waals surface area contributed by atoms with Crippen LogP contribution in [0.15, 0.2) is 30.7 Å². The van der Waals surface area contributed by atoms with Crippen LogP contribution in [0.4, 0.5) is 5.69 Å². The number of aromatic nitrogens is 2. The van der Waals surface area contributed by atoms with E-state index in [1.807, 2.05) is 17.9 Å². The van der Waals surface area contributed by atoms with Gasteiger partial charge in [0.2, 0.25) is 0 Å². The number of aryl methyl sites for hydroxylation is 1. The third-order valence-electron chi connectivity index (χ3n) is 4.10. The van der Waals surface area contributed by atoms with Crippen LogP contribution >= 0.6 is 48.0 Å². The van der Waals surface area contributed by atoms with Gasteiger partial charge in [0.1, 0.15) is 6.04 Å². The Labute approximate surface area is 192 Å². The lowest BCUT2D eigenvalue weighted by Crippen LogP contribution is -2.42. The van der Waals surface area contributed by atoms with Crippen LogP contribution in [0.1, 0.15) is 21.6 Å².